The number of nitrogens with one attached hydrogen (secondary N) is 2. The van der Waals surface area contributed by atoms with Crippen LogP contribution in [0.5, 0.6) is 0 Å². The summed E-state index contributed by atoms with van der Waals surface area (Å²) >= 11 is 5.35. The van der Waals surface area contributed by atoms with Crippen molar-refractivity contribution in [2.24, 2.45) is 0 Å². The zero-order valence-corrected chi connectivity index (χ0v) is 14.8. The SMILES string of the molecule is CCC(C)NC(=S)Nc1c(C)nn(Cc2cccc(F)c2)c1C. The Labute approximate surface area is 142 Å². The Hall–Kier alpha value is -1.95. The minimum atomic E-state index is -0.235. The fourth-order valence-corrected chi connectivity index (χ4v) is 2.62. The summed E-state index contributed by atoms with van der Waals surface area (Å²) in [5.41, 5.74) is 3.62. The first-order chi connectivity index (χ1) is 10.9. The predicted octanol–water partition coefficient (Wildman–Crippen LogP) is 3.77. The summed E-state index contributed by atoms with van der Waals surface area (Å²) in [6.45, 7) is 8.63. The lowest BCUT2D eigenvalue weighted by molar-refractivity contribution is 0.616. The third-order valence-corrected chi connectivity index (χ3v) is 4.05. The van der Waals surface area contributed by atoms with Crippen molar-refractivity contribution < 1.29 is 4.39 Å². The van der Waals surface area contributed by atoms with Crippen molar-refractivity contribution in [2.75, 3.05) is 5.32 Å². The first-order valence-corrected chi connectivity index (χ1v) is 8.17. The Morgan fingerprint density at radius 3 is 2.78 bits per heavy atom. The van der Waals surface area contributed by atoms with E-state index in [0.29, 0.717) is 17.7 Å². The van der Waals surface area contributed by atoms with Crippen LogP contribution in [-0.4, -0.2) is 20.9 Å². The minimum absolute atomic E-state index is 0.235. The fraction of sp³-hybridized carbons (Fsp3) is 0.412. The number of hydrogen-bond acceptors (Lipinski definition) is 2. The van der Waals surface area contributed by atoms with Gasteiger partial charge in [-0.05, 0) is 57.1 Å². The van der Waals surface area contributed by atoms with Gasteiger partial charge in [-0.1, -0.05) is 19.1 Å². The highest BCUT2D eigenvalue weighted by molar-refractivity contribution is 7.80. The molecule has 124 valence electrons. The molecule has 0 aliphatic rings. The molecular formula is C17H23FN4S. The molecule has 4 nitrogen and oxygen atoms in total. The molecule has 23 heavy (non-hydrogen) atoms. The highest BCUT2D eigenvalue weighted by Crippen LogP contribution is 2.20. The molecule has 2 rings (SSSR count). The monoisotopic (exact) mass is 334 g/mol. The van der Waals surface area contributed by atoms with Crippen LogP contribution in [0.1, 0.15) is 37.2 Å². The van der Waals surface area contributed by atoms with Crippen LogP contribution in [0, 0.1) is 19.7 Å². The van der Waals surface area contributed by atoms with E-state index in [1.54, 1.807) is 6.07 Å². The van der Waals surface area contributed by atoms with Crippen LogP contribution in [-0.2, 0) is 6.54 Å². The van der Waals surface area contributed by atoms with Crippen LogP contribution in [0.4, 0.5) is 10.1 Å². The van der Waals surface area contributed by atoms with Crippen molar-refractivity contribution in [3.05, 3.63) is 47.0 Å². The Morgan fingerprint density at radius 2 is 2.13 bits per heavy atom. The van der Waals surface area contributed by atoms with E-state index < -0.39 is 0 Å². The molecule has 6 heteroatoms. The minimum Gasteiger partial charge on any atom is -0.360 e. The van der Waals surface area contributed by atoms with Gasteiger partial charge >= 0.3 is 0 Å². The molecule has 1 unspecified atom stereocenters. The van der Waals surface area contributed by atoms with Crippen molar-refractivity contribution in [2.45, 2.75) is 46.7 Å². The van der Waals surface area contributed by atoms with E-state index in [1.165, 1.54) is 12.1 Å². The number of nitrogens with zero attached hydrogens (tertiary/aromatic N) is 2. The second kappa shape index (κ2) is 7.55. The van der Waals surface area contributed by atoms with Crippen LogP contribution in [0.25, 0.3) is 0 Å². The highest BCUT2D eigenvalue weighted by Gasteiger charge is 2.13. The van der Waals surface area contributed by atoms with Gasteiger partial charge in [0.1, 0.15) is 5.82 Å². The van der Waals surface area contributed by atoms with Crippen molar-refractivity contribution >= 4 is 23.0 Å². The van der Waals surface area contributed by atoms with E-state index in [-0.39, 0.29) is 5.82 Å². The second-order valence-electron chi connectivity index (χ2n) is 5.74. The normalized spacial score (nSPS) is 12.0. The maximum atomic E-state index is 13.3. The molecule has 0 bridgehead atoms. The molecular weight excluding hydrogens is 311 g/mol. The van der Waals surface area contributed by atoms with Gasteiger partial charge in [-0.15, -0.1) is 0 Å². The first kappa shape index (κ1) is 17.4. The summed E-state index contributed by atoms with van der Waals surface area (Å²) < 4.78 is 15.2. The third kappa shape index (κ3) is 4.51. The van der Waals surface area contributed by atoms with E-state index in [1.807, 2.05) is 24.6 Å². The molecule has 0 fully saturated rings. The van der Waals surface area contributed by atoms with Gasteiger partial charge in [0.2, 0.25) is 0 Å². The van der Waals surface area contributed by atoms with Gasteiger partial charge in [-0.25, -0.2) is 4.39 Å². The predicted molar refractivity (Wildman–Crippen MR) is 96.3 cm³/mol. The summed E-state index contributed by atoms with van der Waals surface area (Å²) in [5.74, 6) is -0.235. The molecule has 2 aromatic rings. The number of halogens is 1. The molecule has 1 atom stereocenters. The van der Waals surface area contributed by atoms with E-state index in [2.05, 4.69) is 29.6 Å². The van der Waals surface area contributed by atoms with Gasteiger partial charge in [-0.2, -0.15) is 5.10 Å². The number of anilines is 1. The van der Waals surface area contributed by atoms with Crippen LogP contribution < -0.4 is 10.6 Å². The third-order valence-electron chi connectivity index (χ3n) is 3.83. The maximum absolute atomic E-state index is 13.3. The molecule has 1 aromatic carbocycles. The maximum Gasteiger partial charge on any atom is 0.171 e. The molecule has 0 saturated carbocycles. The van der Waals surface area contributed by atoms with Crippen LogP contribution in [0.2, 0.25) is 0 Å². The van der Waals surface area contributed by atoms with Gasteiger partial charge in [0.25, 0.3) is 0 Å². The summed E-state index contributed by atoms with van der Waals surface area (Å²) in [6, 6.07) is 6.88. The second-order valence-corrected chi connectivity index (χ2v) is 6.15. The molecule has 0 aliphatic carbocycles. The summed E-state index contributed by atoms with van der Waals surface area (Å²) in [4.78, 5) is 0. The van der Waals surface area contributed by atoms with Gasteiger partial charge < -0.3 is 10.6 Å². The summed E-state index contributed by atoms with van der Waals surface area (Å²) in [7, 11) is 0. The standard InChI is InChI=1S/C17H23FN4S/c1-5-11(2)19-17(23)20-16-12(3)21-22(13(16)4)10-14-7-6-8-15(18)9-14/h6-9,11H,5,10H2,1-4H3,(H2,19,20,23). The topological polar surface area (TPSA) is 41.9 Å². The Kier molecular flexibility index (Phi) is 5.71. The number of thiocarbonyl (C=S) groups is 1. The average molecular weight is 334 g/mol. The molecule has 0 saturated heterocycles. The van der Waals surface area contributed by atoms with Gasteiger partial charge in [0.05, 0.1) is 23.6 Å². The van der Waals surface area contributed by atoms with E-state index in [9.17, 15) is 4.39 Å². The zero-order valence-electron chi connectivity index (χ0n) is 14.0. The fourth-order valence-electron chi connectivity index (χ4n) is 2.32. The molecule has 0 radical (unpaired) electrons. The number of aryl methyl sites for hydroxylation is 1. The van der Waals surface area contributed by atoms with Crippen molar-refractivity contribution in [1.29, 1.82) is 0 Å². The lowest BCUT2D eigenvalue weighted by Crippen LogP contribution is -2.35. The van der Waals surface area contributed by atoms with Crippen molar-refractivity contribution in [3.63, 3.8) is 0 Å². The number of hydrogen-bond donors (Lipinski definition) is 2. The molecule has 0 spiro atoms. The lowest BCUT2D eigenvalue weighted by atomic mass is 10.2. The average Bonchev–Trinajstić information content (AvgIpc) is 2.74. The smallest absolute Gasteiger partial charge is 0.171 e. The molecule has 1 heterocycles. The van der Waals surface area contributed by atoms with Crippen molar-refractivity contribution in [1.82, 2.24) is 15.1 Å². The highest BCUT2D eigenvalue weighted by atomic mass is 32.1. The van der Waals surface area contributed by atoms with Crippen LogP contribution in [0.15, 0.2) is 24.3 Å². The Morgan fingerprint density at radius 1 is 1.39 bits per heavy atom. The van der Waals surface area contributed by atoms with Crippen LogP contribution in [0.3, 0.4) is 0 Å². The van der Waals surface area contributed by atoms with Gasteiger partial charge in [-0.3, -0.25) is 4.68 Å². The van der Waals surface area contributed by atoms with Gasteiger partial charge in [0, 0.05) is 6.04 Å². The van der Waals surface area contributed by atoms with E-state index in [0.717, 1.165) is 29.1 Å². The van der Waals surface area contributed by atoms with Crippen LogP contribution >= 0.6 is 12.2 Å². The number of rotatable bonds is 5. The number of benzene rings is 1. The van der Waals surface area contributed by atoms with E-state index >= 15 is 0 Å². The van der Waals surface area contributed by atoms with Gasteiger partial charge in [0.15, 0.2) is 5.11 Å². The van der Waals surface area contributed by atoms with E-state index in [4.69, 9.17) is 12.2 Å². The molecule has 0 aliphatic heterocycles. The first-order valence-electron chi connectivity index (χ1n) is 7.76. The summed E-state index contributed by atoms with van der Waals surface area (Å²) in [5, 5.41) is 11.6. The molecule has 0 amide bonds. The Balaban J connectivity index is 2.14. The Bertz CT molecular complexity index is 696. The zero-order chi connectivity index (χ0) is 17.0. The van der Waals surface area contributed by atoms with Crippen molar-refractivity contribution in [3.8, 4) is 0 Å². The molecule has 2 N–H and O–H groups in total. The lowest BCUT2D eigenvalue weighted by Gasteiger charge is -2.15. The summed E-state index contributed by atoms with van der Waals surface area (Å²) in [6.07, 6.45) is 0.999. The molecule has 1 aromatic heterocycles. The quantitative estimate of drug-likeness (QED) is 0.817. The largest absolute Gasteiger partial charge is 0.360 e. The number of aromatic nitrogens is 2.